The molecule has 0 aliphatic heterocycles. The molecule has 0 unspecified atom stereocenters. The SMILES string of the molecule is CC(C)(C)OC(=O)N(c1ccccn1)C1CCC(OCc2ccc(I)cc2)CC1. The fourth-order valence-corrected chi connectivity index (χ4v) is 3.86. The average molecular weight is 508 g/mol. The van der Waals surface area contributed by atoms with Gasteiger partial charge in [-0.3, -0.25) is 4.90 Å². The third kappa shape index (κ3) is 6.67. The normalized spacial score (nSPS) is 19.6. The second-order valence-electron chi connectivity index (χ2n) is 8.41. The minimum absolute atomic E-state index is 0.0675. The molecule has 1 fully saturated rings. The summed E-state index contributed by atoms with van der Waals surface area (Å²) < 4.78 is 13.0. The predicted octanol–water partition coefficient (Wildman–Crippen LogP) is 5.96. The Balaban J connectivity index is 1.60. The van der Waals surface area contributed by atoms with Gasteiger partial charge in [0, 0.05) is 15.8 Å². The summed E-state index contributed by atoms with van der Waals surface area (Å²) in [5.41, 5.74) is 0.647. The van der Waals surface area contributed by atoms with Gasteiger partial charge in [0.2, 0.25) is 0 Å². The summed E-state index contributed by atoms with van der Waals surface area (Å²) in [5, 5.41) is 0. The summed E-state index contributed by atoms with van der Waals surface area (Å²) in [5.74, 6) is 0.644. The lowest BCUT2D eigenvalue weighted by molar-refractivity contribution is 0.0114. The molecule has 1 heterocycles. The van der Waals surface area contributed by atoms with Gasteiger partial charge in [0.05, 0.1) is 12.7 Å². The third-order valence-electron chi connectivity index (χ3n) is 4.89. The zero-order valence-corrected chi connectivity index (χ0v) is 19.5. The number of halogens is 1. The number of benzene rings is 1. The van der Waals surface area contributed by atoms with Gasteiger partial charge < -0.3 is 9.47 Å². The lowest BCUT2D eigenvalue weighted by atomic mass is 9.92. The highest BCUT2D eigenvalue weighted by Gasteiger charge is 2.33. The Bertz CT molecular complexity index is 782. The topological polar surface area (TPSA) is 51.7 Å². The van der Waals surface area contributed by atoms with Crippen LogP contribution in [0.1, 0.15) is 52.0 Å². The van der Waals surface area contributed by atoms with Crippen LogP contribution in [0, 0.1) is 3.57 Å². The van der Waals surface area contributed by atoms with Gasteiger partial charge >= 0.3 is 6.09 Å². The van der Waals surface area contributed by atoms with Crippen molar-refractivity contribution in [1.29, 1.82) is 0 Å². The molecule has 0 saturated heterocycles. The van der Waals surface area contributed by atoms with Crippen molar-refractivity contribution in [1.82, 2.24) is 4.98 Å². The van der Waals surface area contributed by atoms with Crippen molar-refractivity contribution in [3.05, 3.63) is 57.8 Å². The Morgan fingerprint density at radius 1 is 1.10 bits per heavy atom. The van der Waals surface area contributed by atoms with Crippen molar-refractivity contribution in [3.63, 3.8) is 0 Å². The van der Waals surface area contributed by atoms with Crippen LogP contribution in [0.15, 0.2) is 48.7 Å². The Morgan fingerprint density at radius 2 is 1.79 bits per heavy atom. The lowest BCUT2D eigenvalue weighted by Crippen LogP contribution is -2.46. The standard InChI is InChI=1S/C23H29IN2O3/c1-23(2,3)29-22(27)26(21-6-4-5-15-25-21)19-11-13-20(14-12-19)28-16-17-7-9-18(24)10-8-17/h4-10,15,19-20H,11-14,16H2,1-3H3. The lowest BCUT2D eigenvalue weighted by Gasteiger charge is -2.37. The summed E-state index contributed by atoms with van der Waals surface area (Å²) in [6, 6.07) is 14.1. The number of amides is 1. The van der Waals surface area contributed by atoms with Crippen LogP contribution in [0.5, 0.6) is 0 Å². The molecule has 0 atom stereocenters. The number of carbonyl (C=O) groups excluding carboxylic acids is 1. The summed E-state index contributed by atoms with van der Waals surface area (Å²) in [4.78, 5) is 19.0. The Labute approximate surface area is 186 Å². The van der Waals surface area contributed by atoms with E-state index in [0.29, 0.717) is 12.4 Å². The number of aromatic nitrogens is 1. The minimum atomic E-state index is -0.544. The number of rotatable bonds is 5. The number of pyridine rings is 1. The first-order valence-corrected chi connectivity index (χ1v) is 11.2. The zero-order valence-electron chi connectivity index (χ0n) is 17.3. The van der Waals surface area contributed by atoms with E-state index in [2.05, 4.69) is 51.8 Å². The van der Waals surface area contributed by atoms with E-state index in [0.717, 1.165) is 25.7 Å². The summed E-state index contributed by atoms with van der Waals surface area (Å²) >= 11 is 2.31. The quantitative estimate of drug-likeness (QED) is 0.468. The zero-order chi connectivity index (χ0) is 20.9. The molecule has 0 radical (unpaired) electrons. The molecule has 1 amide bonds. The highest BCUT2D eigenvalue weighted by Crippen LogP contribution is 2.30. The molecule has 156 valence electrons. The molecular formula is C23H29IN2O3. The van der Waals surface area contributed by atoms with Gasteiger partial charge in [0.1, 0.15) is 11.4 Å². The fraction of sp³-hybridized carbons (Fsp3) is 0.478. The number of hydrogen-bond donors (Lipinski definition) is 0. The smallest absolute Gasteiger partial charge is 0.416 e. The predicted molar refractivity (Wildman–Crippen MR) is 123 cm³/mol. The van der Waals surface area contributed by atoms with E-state index in [1.807, 2.05) is 39.0 Å². The molecule has 1 aliphatic carbocycles. The van der Waals surface area contributed by atoms with Gasteiger partial charge in [-0.1, -0.05) is 18.2 Å². The molecule has 2 aromatic rings. The van der Waals surface area contributed by atoms with Gasteiger partial charge in [-0.15, -0.1) is 0 Å². The molecule has 0 spiro atoms. The van der Waals surface area contributed by atoms with Crippen LogP contribution in [-0.2, 0) is 16.1 Å². The highest BCUT2D eigenvalue weighted by atomic mass is 127. The molecule has 0 bridgehead atoms. The van der Waals surface area contributed by atoms with Crippen LogP contribution in [0.2, 0.25) is 0 Å². The summed E-state index contributed by atoms with van der Waals surface area (Å²) in [6.45, 7) is 6.28. The van der Waals surface area contributed by atoms with Crippen molar-refractivity contribution in [2.45, 2.75) is 70.8 Å². The Kier molecular flexibility index (Phi) is 7.51. The van der Waals surface area contributed by atoms with E-state index < -0.39 is 5.60 Å². The maximum absolute atomic E-state index is 12.9. The van der Waals surface area contributed by atoms with E-state index in [9.17, 15) is 4.79 Å². The fourth-order valence-electron chi connectivity index (χ4n) is 3.50. The third-order valence-corrected chi connectivity index (χ3v) is 5.61. The van der Waals surface area contributed by atoms with Crippen LogP contribution in [-0.4, -0.2) is 28.8 Å². The van der Waals surface area contributed by atoms with E-state index in [4.69, 9.17) is 9.47 Å². The van der Waals surface area contributed by atoms with E-state index in [1.54, 1.807) is 11.1 Å². The molecular weight excluding hydrogens is 479 g/mol. The van der Waals surface area contributed by atoms with E-state index in [1.165, 1.54) is 9.13 Å². The van der Waals surface area contributed by atoms with E-state index in [-0.39, 0.29) is 18.2 Å². The molecule has 0 N–H and O–H groups in total. The molecule has 1 aromatic carbocycles. The first kappa shape index (κ1) is 22.0. The average Bonchev–Trinajstić information content (AvgIpc) is 2.68. The maximum Gasteiger partial charge on any atom is 0.416 e. The van der Waals surface area contributed by atoms with Gasteiger partial charge in [0.25, 0.3) is 0 Å². The summed E-state index contributed by atoms with van der Waals surface area (Å²) in [6.07, 6.45) is 5.17. The van der Waals surface area contributed by atoms with Crippen molar-refractivity contribution < 1.29 is 14.3 Å². The van der Waals surface area contributed by atoms with Crippen LogP contribution < -0.4 is 4.90 Å². The number of nitrogens with zero attached hydrogens (tertiary/aromatic N) is 2. The van der Waals surface area contributed by atoms with Gasteiger partial charge in [-0.2, -0.15) is 0 Å². The highest BCUT2D eigenvalue weighted by molar-refractivity contribution is 14.1. The van der Waals surface area contributed by atoms with E-state index >= 15 is 0 Å². The summed E-state index contributed by atoms with van der Waals surface area (Å²) in [7, 11) is 0. The largest absolute Gasteiger partial charge is 0.443 e. The van der Waals surface area contributed by atoms with Crippen LogP contribution >= 0.6 is 22.6 Å². The molecule has 1 aromatic heterocycles. The molecule has 1 saturated carbocycles. The van der Waals surface area contributed by atoms with Gasteiger partial charge in [0.15, 0.2) is 0 Å². The van der Waals surface area contributed by atoms with Gasteiger partial charge in [-0.05, 0) is 98.9 Å². The molecule has 29 heavy (non-hydrogen) atoms. The Morgan fingerprint density at radius 3 is 2.38 bits per heavy atom. The number of hydrogen-bond acceptors (Lipinski definition) is 4. The second kappa shape index (κ2) is 9.89. The first-order valence-electron chi connectivity index (χ1n) is 10.1. The molecule has 5 nitrogen and oxygen atoms in total. The number of anilines is 1. The Hall–Kier alpha value is -1.67. The van der Waals surface area contributed by atoms with Crippen molar-refractivity contribution in [2.24, 2.45) is 0 Å². The number of carbonyl (C=O) groups is 1. The van der Waals surface area contributed by atoms with Crippen LogP contribution in [0.4, 0.5) is 10.6 Å². The van der Waals surface area contributed by atoms with Crippen molar-refractivity contribution >= 4 is 34.5 Å². The van der Waals surface area contributed by atoms with Crippen LogP contribution in [0.25, 0.3) is 0 Å². The number of ether oxygens (including phenoxy) is 2. The maximum atomic E-state index is 12.9. The van der Waals surface area contributed by atoms with Crippen molar-refractivity contribution in [2.75, 3.05) is 4.90 Å². The molecule has 3 rings (SSSR count). The van der Waals surface area contributed by atoms with Gasteiger partial charge in [-0.25, -0.2) is 9.78 Å². The van der Waals surface area contributed by atoms with Crippen molar-refractivity contribution in [3.8, 4) is 0 Å². The van der Waals surface area contributed by atoms with Crippen LogP contribution in [0.3, 0.4) is 0 Å². The first-order chi connectivity index (χ1) is 13.8. The molecule has 1 aliphatic rings. The monoisotopic (exact) mass is 508 g/mol. The minimum Gasteiger partial charge on any atom is -0.443 e. The second-order valence-corrected chi connectivity index (χ2v) is 9.65. The molecule has 6 heteroatoms.